The number of anilines is 2. The summed E-state index contributed by atoms with van der Waals surface area (Å²) in [6, 6.07) is 1.95. The molecule has 7 nitrogen and oxygen atoms in total. The molecule has 0 aromatic carbocycles. The molecule has 0 aliphatic carbocycles. The van der Waals surface area contributed by atoms with Crippen LogP contribution in [0.4, 0.5) is 10.8 Å². The van der Waals surface area contributed by atoms with Crippen LogP contribution < -0.4 is 11.1 Å². The number of nitrogens with one attached hydrogen (secondary N) is 2. The second kappa shape index (κ2) is 6.33. The average molecular weight is 330 g/mol. The van der Waals surface area contributed by atoms with E-state index in [1.54, 1.807) is 6.20 Å². The number of aryl methyl sites for hydroxylation is 2. The molecule has 3 aromatic rings. The fourth-order valence-corrected chi connectivity index (χ4v) is 2.97. The van der Waals surface area contributed by atoms with Gasteiger partial charge in [-0.25, -0.2) is 9.97 Å². The minimum Gasteiger partial charge on any atom is -0.365 e. The van der Waals surface area contributed by atoms with Crippen molar-refractivity contribution in [2.24, 2.45) is 5.73 Å². The van der Waals surface area contributed by atoms with E-state index >= 15 is 0 Å². The summed E-state index contributed by atoms with van der Waals surface area (Å²) in [7, 11) is 0. The first-order valence-corrected chi connectivity index (χ1v) is 8.24. The molecular weight excluding hydrogens is 312 g/mol. The van der Waals surface area contributed by atoms with Gasteiger partial charge in [0.05, 0.1) is 17.0 Å². The molecule has 120 valence electrons. The van der Waals surface area contributed by atoms with E-state index in [0.717, 1.165) is 35.7 Å². The normalized spacial score (nSPS) is 11.0. The van der Waals surface area contributed by atoms with E-state index in [1.165, 1.54) is 11.5 Å². The Labute approximate surface area is 137 Å². The second-order valence-electron chi connectivity index (χ2n) is 5.34. The van der Waals surface area contributed by atoms with Gasteiger partial charge in [-0.15, -0.1) is 0 Å². The van der Waals surface area contributed by atoms with E-state index < -0.39 is 5.91 Å². The van der Waals surface area contributed by atoms with Crippen LogP contribution in [-0.2, 0) is 6.42 Å². The van der Waals surface area contributed by atoms with Crippen LogP contribution in [0.15, 0.2) is 12.3 Å². The van der Waals surface area contributed by atoms with Gasteiger partial charge >= 0.3 is 0 Å². The number of amides is 1. The summed E-state index contributed by atoms with van der Waals surface area (Å²) in [5.74, 6) is 0.128. The number of hydrogen-bond acceptors (Lipinski definition) is 6. The fourth-order valence-electron chi connectivity index (χ4n) is 2.31. The van der Waals surface area contributed by atoms with Crippen LogP contribution >= 0.6 is 11.5 Å². The molecule has 0 saturated carbocycles. The van der Waals surface area contributed by atoms with E-state index in [1.807, 2.05) is 13.0 Å². The maximum atomic E-state index is 11.5. The van der Waals surface area contributed by atoms with Gasteiger partial charge < -0.3 is 16.0 Å². The molecule has 0 aliphatic heterocycles. The predicted octanol–water partition coefficient (Wildman–Crippen LogP) is 2.91. The lowest BCUT2D eigenvalue weighted by atomic mass is 10.2. The van der Waals surface area contributed by atoms with E-state index in [0.29, 0.717) is 22.5 Å². The molecule has 1 amide bonds. The van der Waals surface area contributed by atoms with Crippen molar-refractivity contribution in [1.82, 2.24) is 19.3 Å². The topological polar surface area (TPSA) is 110 Å². The van der Waals surface area contributed by atoms with Gasteiger partial charge in [0.25, 0.3) is 5.91 Å². The zero-order valence-corrected chi connectivity index (χ0v) is 13.8. The van der Waals surface area contributed by atoms with Crippen LogP contribution in [0.2, 0.25) is 0 Å². The lowest BCUT2D eigenvalue weighted by Gasteiger charge is -2.09. The first-order chi connectivity index (χ1) is 11.1. The lowest BCUT2D eigenvalue weighted by molar-refractivity contribution is 0.100. The van der Waals surface area contributed by atoms with E-state index in [4.69, 9.17) is 5.73 Å². The monoisotopic (exact) mass is 330 g/mol. The highest BCUT2D eigenvalue weighted by Gasteiger charge is 2.16. The SMILES string of the molecule is CCCCc1nc2[nH]cc(C(N)=O)c2nc1Nc1cc(C)ns1. The third-order valence-electron chi connectivity index (χ3n) is 3.48. The van der Waals surface area contributed by atoms with Gasteiger partial charge in [0.2, 0.25) is 0 Å². The molecule has 23 heavy (non-hydrogen) atoms. The zero-order chi connectivity index (χ0) is 16.4. The van der Waals surface area contributed by atoms with Crippen LogP contribution in [0.3, 0.4) is 0 Å². The number of primary amides is 1. The number of unbranched alkanes of at least 4 members (excludes halogenated alkanes) is 1. The number of aromatic amines is 1. The number of rotatable bonds is 6. The molecule has 0 unspecified atom stereocenters. The summed E-state index contributed by atoms with van der Waals surface area (Å²) < 4.78 is 4.25. The van der Waals surface area contributed by atoms with E-state index in [-0.39, 0.29) is 0 Å². The molecule has 8 heteroatoms. The average Bonchev–Trinajstić information content (AvgIpc) is 3.10. The first-order valence-electron chi connectivity index (χ1n) is 7.46. The Morgan fingerprint density at radius 1 is 1.43 bits per heavy atom. The molecule has 0 atom stereocenters. The predicted molar refractivity (Wildman–Crippen MR) is 91.2 cm³/mol. The Bertz CT molecular complexity index is 853. The smallest absolute Gasteiger partial charge is 0.252 e. The van der Waals surface area contributed by atoms with Crippen LogP contribution in [-0.4, -0.2) is 25.2 Å². The number of nitrogens with zero attached hydrogens (tertiary/aromatic N) is 3. The molecule has 0 bridgehead atoms. The highest BCUT2D eigenvalue weighted by Crippen LogP contribution is 2.26. The van der Waals surface area contributed by atoms with Gasteiger partial charge in [-0.2, -0.15) is 4.37 Å². The Hall–Kier alpha value is -2.48. The molecule has 0 radical (unpaired) electrons. The molecule has 0 saturated heterocycles. The minimum atomic E-state index is -0.522. The summed E-state index contributed by atoms with van der Waals surface area (Å²) >= 11 is 1.37. The van der Waals surface area contributed by atoms with Crippen molar-refractivity contribution >= 4 is 39.4 Å². The number of hydrogen-bond donors (Lipinski definition) is 3. The van der Waals surface area contributed by atoms with Crippen LogP contribution in [0, 0.1) is 6.92 Å². The van der Waals surface area contributed by atoms with Crippen molar-refractivity contribution < 1.29 is 4.79 Å². The standard InChI is InChI=1S/C15H18N6OS/c1-3-4-5-10-14(19-11-6-8(2)21-23-11)20-12-9(13(16)22)7-17-15(12)18-10/h6-7H,3-5H2,1-2H3,(H2,16,22)(H,17,18)(H,19,20). The lowest BCUT2D eigenvalue weighted by Crippen LogP contribution is -2.11. The van der Waals surface area contributed by atoms with Crippen LogP contribution in [0.1, 0.15) is 41.5 Å². The Balaban J connectivity index is 2.06. The molecule has 0 fully saturated rings. The Morgan fingerprint density at radius 3 is 2.91 bits per heavy atom. The number of fused-ring (bicyclic) bond motifs is 1. The van der Waals surface area contributed by atoms with Crippen molar-refractivity contribution in [2.75, 3.05) is 5.32 Å². The summed E-state index contributed by atoms with van der Waals surface area (Å²) in [5.41, 5.74) is 8.62. The summed E-state index contributed by atoms with van der Waals surface area (Å²) in [4.78, 5) is 23.7. The zero-order valence-electron chi connectivity index (χ0n) is 13.0. The fraction of sp³-hybridized carbons (Fsp3) is 0.333. The Morgan fingerprint density at radius 2 is 2.26 bits per heavy atom. The van der Waals surface area contributed by atoms with Crippen LogP contribution in [0.5, 0.6) is 0 Å². The maximum Gasteiger partial charge on any atom is 0.252 e. The van der Waals surface area contributed by atoms with E-state index in [9.17, 15) is 4.79 Å². The van der Waals surface area contributed by atoms with Crippen molar-refractivity contribution in [1.29, 1.82) is 0 Å². The van der Waals surface area contributed by atoms with Gasteiger partial charge in [0.15, 0.2) is 11.5 Å². The molecule has 0 spiro atoms. The number of H-pyrrole nitrogens is 1. The highest BCUT2D eigenvalue weighted by molar-refractivity contribution is 7.10. The Kier molecular flexibility index (Phi) is 4.24. The quantitative estimate of drug-likeness (QED) is 0.644. The van der Waals surface area contributed by atoms with Gasteiger partial charge in [-0.3, -0.25) is 4.79 Å². The number of aromatic nitrogens is 4. The minimum absolute atomic E-state index is 0.345. The highest BCUT2D eigenvalue weighted by atomic mass is 32.1. The molecular formula is C15H18N6OS. The summed E-state index contributed by atoms with van der Waals surface area (Å²) in [5, 5.41) is 4.16. The maximum absolute atomic E-state index is 11.5. The summed E-state index contributed by atoms with van der Waals surface area (Å²) in [6.07, 6.45) is 4.44. The largest absolute Gasteiger partial charge is 0.365 e. The van der Waals surface area contributed by atoms with Crippen LogP contribution in [0.25, 0.3) is 11.2 Å². The van der Waals surface area contributed by atoms with Crippen molar-refractivity contribution in [3.8, 4) is 0 Å². The van der Waals surface area contributed by atoms with Gasteiger partial charge in [-0.1, -0.05) is 13.3 Å². The van der Waals surface area contributed by atoms with Gasteiger partial charge in [0, 0.05) is 6.20 Å². The molecule has 3 heterocycles. The number of carbonyl (C=O) groups excluding carboxylic acids is 1. The van der Waals surface area contributed by atoms with Gasteiger partial charge in [-0.05, 0) is 37.4 Å². The number of nitrogens with two attached hydrogens (primary N) is 1. The van der Waals surface area contributed by atoms with Crippen molar-refractivity contribution in [3.63, 3.8) is 0 Å². The summed E-state index contributed by atoms with van der Waals surface area (Å²) in [6.45, 7) is 4.07. The molecule has 3 rings (SSSR count). The molecule has 3 aromatic heterocycles. The molecule has 4 N–H and O–H groups in total. The van der Waals surface area contributed by atoms with E-state index in [2.05, 4.69) is 31.6 Å². The number of carbonyl (C=O) groups is 1. The van der Waals surface area contributed by atoms with Crippen molar-refractivity contribution in [2.45, 2.75) is 33.1 Å². The third kappa shape index (κ3) is 3.16. The van der Waals surface area contributed by atoms with Gasteiger partial charge in [0.1, 0.15) is 10.5 Å². The molecule has 0 aliphatic rings. The first kappa shape index (κ1) is 15.4. The third-order valence-corrected chi connectivity index (χ3v) is 4.27. The van der Waals surface area contributed by atoms with Crippen molar-refractivity contribution in [3.05, 3.63) is 29.2 Å². The second-order valence-corrected chi connectivity index (χ2v) is 6.15.